The molecule has 0 aliphatic carbocycles. The molecule has 0 unspecified atom stereocenters. The van der Waals surface area contributed by atoms with Gasteiger partial charge in [0.2, 0.25) is 5.91 Å². The first-order valence-electron chi connectivity index (χ1n) is 7.17. The molecule has 5 nitrogen and oxygen atoms in total. The second-order valence-electron chi connectivity index (χ2n) is 4.98. The van der Waals surface area contributed by atoms with Crippen LogP contribution in [0.3, 0.4) is 0 Å². The van der Waals surface area contributed by atoms with Gasteiger partial charge in [-0.3, -0.25) is 9.59 Å². The molecule has 0 radical (unpaired) electrons. The normalized spacial score (nSPS) is 10.4. The molecule has 1 N–H and O–H groups in total. The van der Waals surface area contributed by atoms with Crippen LogP contribution in [0.1, 0.15) is 12.6 Å². The van der Waals surface area contributed by atoms with Gasteiger partial charge in [0.05, 0.1) is 17.0 Å². The fourth-order valence-corrected chi connectivity index (χ4v) is 3.66. The maximum atomic E-state index is 12.0. The first-order valence-corrected chi connectivity index (χ1v) is 8.93. The molecule has 3 aromatic rings. The third kappa shape index (κ3) is 4.27. The van der Waals surface area contributed by atoms with Gasteiger partial charge in [0.1, 0.15) is 10.8 Å². The zero-order valence-electron chi connectivity index (χ0n) is 12.8. The van der Waals surface area contributed by atoms with Gasteiger partial charge in [0, 0.05) is 18.0 Å². The minimum absolute atomic E-state index is 0.120. The van der Waals surface area contributed by atoms with Crippen molar-refractivity contribution in [3.63, 3.8) is 0 Å². The molecule has 2 heterocycles. The number of esters is 1. The number of carbonyl (C=O) groups excluding carboxylic acids is 2. The molecule has 1 aromatic carbocycles. The van der Waals surface area contributed by atoms with Crippen LogP contribution in [-0.4, -0.2) is 16.9 Å². The second-order valence-corrected chi connectivity index (χ2v) is 6.78. The van der Waals surface area contributed by atoms with E-state index in [1.807, 2.05) is 22.9 Å². The number of ether oxygens (including phenoxy) is 1. The zero-order chi connectivity index (χ0) is 16.9. The van der Waals surface area contributed by atoms with Gasteiger partial charge in [0.15, 0.2) is 0 Å². The van der Waals surface area contributed by atoms with Crippen LogP contribution < -0.4 is 10.1 Å². The van der Waals surface area contributed by atoms with Crippen LogP contribution >= 0.6 is 22.7 Å². The number of aromatic nitrogens is 1. The summed E-state index contributed by atoms with van der Waals surface area (Å²) in [6, 6.07) is 10.6. The Morgan fingerprint density at radius 3 is 2.62 bits per heavy atom. The lowest BCUT2D eigenvalue weighted by Gasteiger charge is -2.05. The van der Waals surface area contributed by atoms with Crippen molar-refractivity contribution in [2.75, 3.05) is 5.32 Å². The second kappa shape index (κ2) is 7.37. The number of thiazole rings is 1. The highest BCUT2D eigenvalue weighted by Gasteiger charge is 2.11. The molecular weight excluding hydrogens is 344 g/mol. The van der Waals surface area contributed by atoms with Crippen LogP contribution in [0.4, 0.5) is 5.69 Å². The number of carbonyl (C=O) groups is 2. The molecule has 122 valence electrons. The van der Waals surface area contributed by atoms with Gasteiger partial charge >= 0.3 is 5.97 Å². The molecule has 0 saturated heterocycles. The van der Waals surface area contributed by atoms with Crippen LogP contribution in [0.5, 0.6) is 5.75 Å². The Balaban J connectivity index is 1.58. The summed E-state index contributed by atoms with van der Waals surface area (Å²) in [4.78, 5) is 28.5. The first kappa shape index (κ1) is 16.4. The average Bonchev–Trinajstić information content (AvgIpc) is 3.19. The Hall–Kier alpha value is -2.51. The molecule has 2 aromatic heterocycles. The molecule has 1 amide bonds. The van der Waals surface area contributed by atoms with Crippen LogP contribution in [0.2, 0.25) is 0 Å². The van der Waals surface area contributed by atoms with Gasteiger partial charge in [0.25, 0.3) is 0 Å². The van der Waals surface area contributed by atoms with E-state index in [4.69, 9.17) is 4.74 Å². The average molecular weight is 358 g/mol. The number of hydrogen-bond donors (Lipinski definition) is 1. The first-order chi connectivity index (χ1) is 11.6. The van der Waals surface area contributed by atoms with Crippen molar-refractivity contribution in [3.05, 3.63) is 52.9 Å². The van der Waals surface area contributed by atoms with Gasteiger partial charge in [-0.15, -0.1) is 22.7 Å². The molecule has 0 atom stereocenters. The summed E-state index contributed by atoms with van der Waals surface area (Å²) in [7, 11) is 0. The number of hydrogen-bond acceptors (Lipinski definition) is 6. The molecule has 24 heavy (non-hydrogen) atoms. The highest BCUT2D eigenvalue weighted by atomic mass is 32.1. The summed E-state index contributed by atoms with van der Waals surface area (Å²) in [5.74, 6) is -0.0852. The van der Waals surface area contributed by atoms with Gasteiger partial charge in [-0.2, -0.15) is 0 Å². The predicted octanol–water partition coefficient (Wildman–Crippen LogP) is 3.98. The van der Waals surface area contributed by atoms with E-state index in [1.165, 1.54) is 18.3 Å². The summed E-state index contributed by atoms with van der Waals surface area (Å²) in [6.07, 6.45) is 0.120. The van der Waals surface area contributed by atoms with E-state index < -0.39 is 0 Å². The van der Waals surface area contributed by atoms with E-state index in [-0.39, 0.29) is 18.3 Å². The van der Waals surface area contributed by atoms with Crippen molar-refractivity contribution < 1.29 is 14.3 Å². The van der Waals surface area contributed by atoms with Crippen molar-refractivity contribution in [3.8, 4) is 15.6 Å². The molecule has 7 heteroatoms. The van der Waals surface area contributed by atoms with E-state index in [0.717, 1.165) is 9.88 Å². The van der Waals surface area contributed by atoms with E-state index in [1.54, 1.807) is 35.6 Å². The van der Waals surface area contributed by atoms with Crippen LogP contribution in [0, 0.1) is 0 Å². The SMILES string of the molecule is CC(=O)Nc1ccc(OC(=O)Cc2csc(-c3cccs3)n2)cc1. The largest absolute Gasteiger partial charge is 0.426 e. The molecule has 0 fully saturated rings. The topological polar surface area (TPSA) is 68.3 Å². The van der Waals surface area contributed by atoms with E-state index in [0.29, 0.717) is 17.1 Å². The monoisotopic (exact) mass is 358 g/mol. The minimum Gasteiger partial charge on any atom is -0.426 e. The molecule has 3 rings (SSSR count). The van der Waals surface area contributed by atoms with Crippen molar-refractivity contribution >= 4 is 40.2 Å². The lowest BCUT2D eigenvalue weighted by Crippen LogP contribution is -2.11. The zero-order valence-corrected chi connectivity index (χ0v) is 14.4. The van der Waals surface area contributed by atoms with Gasteiger partial charge in [-0.05, 0) is 35.7 Å². The molecule has 0 bridgehead atoms. The van der Waals surface area contributed by atoms with E-state index >= 15 is 0 Å². The standard InChI is InChI=1S/C17H14N2O3S2/c1-11(20)18-12-4-6-14(7-5-12)22-16(21)9-13-10-24-17(19-13)15-3-2-8-23-15/h2-8,10H,9H2,1H3,(H,18,20). The number of rotatable bonds is 5. The van der Waals surface area contributed by atoms with E-state index in [2.05, 4.69) is 10.3 Å². The van der Waals surface area contributed by atoms with Crippen molar-refractivity contribution in [2.24, 2.45) is 0 Å². The summed E-state index contributed by atoms with van der Waals surface area (Å²) >= 11 is 3.13. The number of nitrogens with zero attached hydrogens (tertiary/aromatic N) is 1. The third-order valence-electron chi connectivity index (χ3n) is 3.02. The van der Waals surface area contributed by atoms with Crippen LogP contribution in [-0.2, 0) is 16.0 Å². The lowest BCUT2D eigenvalue weighted by molar-refractivity contribution is -0.133. The molecular formula is C17H14N2O3S2. The summed E-state index contributed by atoms with van der Waals surface area (Å²) in [5.41, 5.74) is 1.35. The van der Waals surface area contributed by atoms with Crippen molar-refractivity contribution in [1.82, 2.24) is 4.98 Å². The number of anilines is 1. The minimum atomic E-state index is -0.370. The van der Waals surface area contributed by atoms with Crippen LogP contribution in [0.15, 0.2) is 47.2 Å². The van der Waals surface area contributed by atoms with Crippen molar-refractivity contribution in [1.29, 1.82) is 0 Å². The number of nitrogens with one attached hydrogen (secondary N) is 1. The fourth-order valence-electron chi connectivity index (χ4n) is 2.03. The maximum Gasteiger partial charge on any atom is 0.317 e. The quantitative estimate of drug-likeness (QED) is 0.553. The third-order valence-corrected chi connectivity index (χ3v) is 4.95. The highest BCUT2D eigenvalue weighted by Crippen LogP contribution is 2.28. The summed E-state index contributed by atoms with van der Waals surface area (Å²) in [6.45, 7) is 1.44. The molecule has 0 aliphatic heterocycles. The number of thiophene rings is 1. The summed E-state index contributed by atoms with van der Waals surface area (Å²) in [5, 5.41) is 7.43. The lowest BCUT2D eigenvalue weighted by atomic mass is 10.3. The maximum absolute atomic E-state index is 12.0. The fraction of sp³-hybridized carbons (Fsp3) is 0.118. The van der Waals surface area contributed by atoms with Gasteiger partial charge < -0.3 is 10.1 Å². The Kier molecular flexibility index (Phi) is 5.02. The molecule has 0 saturated carbocycles. The van der Waals surface area contributed by atoms with E-state index in [9.17, 15) is 9.59 Å². The van der Waals surface area contributed by atoms with Crippen molar-refractivity contribution in [2.45, 2.75) is 13.3 Å². The Morgan fingerprint density at radius 1 is 1.17 bits per heavy atom. The number of benzene rings is 1. The van der Waals surface area contributed by atoms with Crippen LogP contribution in [0.25, 0.3) is 9.88 Å². The number of amides is 1. The molecule has 0 aliphatic rings. The Labute approximate surface area is 146 Å². The van der Waals surface area contributed by atoms with Gasteiger partial charge in [-0.1, -0.05) is 6.07 Å². The molecule has 0 spiro atoms. The van der Waals surface area contributed by atoms with Gasteiger partial charge in [-0.25, -0.2) is 4.98 Å². The summed E-state index contributed by atoms with van der Waals surface area (Å²) < 4.78 is 5.29. The highest BCUT2D eigenvalue weighted by molar-refractivity contribution is 7.20. The smallest absolute Gasteiger partial charge is 0.317 e. The Bertz CT molecular complexity index is 839. The predicted molar refractivity (Wildman–Crippen MR) is 95.5 cm³/mol. The Morgan fingerprint density at radius 2 is 1.96 bits per heavy atom.